The molecule has 0 N–H and O–H groups in total. The van der Waals surface area contributed by atoms with Crippen LogP contribution >= 0.6 is 0 Å². The fourth-order valence-corrected chi connectivity index (χ4v) is 7.93. The molecule has 11 aromatic rings. The third kappa shape index (κ3) is 5.17. The molecule has 0 aliphatic rings. The maximum Gasteiger partial charge on any atom is 0.180 e. The Hall–Kier alpha value is -7.50. The summed E-state index contributed by atoms with van der Waals surface area (Å²) >= 11 is 0. The normalized spacial score (nSPS) is 11.6. The van der Waals surface area contributed by atoms with Crippen LogP contribution in [0.3, 0.4) is 0 Å². The number of hydrogen-bond acceptors (Lipinski definition) is 5. The minimum Gasteiger partial charge on any atom is -0.456 e. The van der Waals surface area contributed by atoms with Crippen molar-refractivity contribution >= 4 is 71.8 Å². The maximum atomic E-state index is 6.65. The van der Waals surface area contributed by atoms with Gasteiger partial charge in [-0.25, -0.2) is 9.97 Å². The quantitative estimate of drug-likeness (QED) is 0.172. The van der Waals surface area contributed by atoms with Crippen LogP contribution in [0.4, 0.5) is 17.1 Å². The van der Waals surface area contributed by atoms with E-state index >= 15 is 0 Å². The highest BCUT2D eigenvalue weighted by Crippen LogP contribution is 2.43. The van der Waals surface area contributed by atoms with Gasteiger partial charge in [0.15, 0.2) is 11.4 Å². The highest BCUT2D eigenvalue weighted by molar-refractivity contribution is 6.14. The van der Waals surface area contributed by atoms with Crippen LogP contribution < -0.4 is 4.90 Å². The van der Waals surface area contributed by atoms with Gasteiger partial charge in [-0.1, -0.05) is 127 Å². The number of para-hydroxylation sites is 2. The van der Waals surface area contributed by atoms with Crippen LogP contribution in [0.25, 0.3) is 88.6 Å². The predicted molar refractivity (Wildman–Crippen MR) is 225 cm³/mol. The summed E-state index contributed by atoms with van der Waals surface area (Å²) in [5.74, 6) is 0.618. The summed E-state index contributed by atoms with van der Waals surface area (Å²) in [7, 11) is 0. The van der Waals surface area contributed by atoms with Gasteiger partial charge in [-0.15, -0.1) is 0 Å². The first-order valence-corrected chi connectivity index (χ1v) is 18.4. The van der Waals surface area contributed by atoms with Crippen molar-refractivity contribution in [2.45, 2.75) is 0 Å². The third-order valence-corrected chi connectivity index (χ3v) is 10.5. The molecular weight excluding hydrogens is 675 g/mol. The summed E-state index contributed by atoms with van der Waals surface area (Å²) in [6.07, 6.45) is 0. The summed E-state index contributed by atoms with van der Waals surface area (Å²) < 4.78 is 13.0. The number of rotatable bonds is 6. The second-order valence-electron chi connectivity index (χ2n) is 13.7. The molecule has 0 unspecified atom stereocenters. The van der Waals surface area contributed by atoms with Crippen molar-refractivity contribution in [1.82, 2.24) is 9.97 Å². The van der Waals surface area contributed by atoms with Crippen molar-refractivity contribution in [3.8, 4) is 33.8 Å². The molecule has 0 atom stereocenters. The van der Waals surface area contributed by atoms with Gasteiger partial charge in [-0.2, -0.15) is 0 Å². The van der Waals surface area contributed by atoms with Gasteiger partial charge in [0.05, 0.1) is 0 Å². The van der Waals surface area contributed by atoms with Crippen molar-refractivity contribution < 1.29 is 8.83 Å². The zero-order chi connectivity index (χ0) is 36.3. The summed E-state index contributed by atoms with van der Waals surface area (Å²) in [4.78, 5) is 12.6. The summed E-state index contributed by atoms with van der Waals surface area (Å²) in [6.45, 7) is 0. The Bertz CT molecular complexity index is 3200. The minimum absolute atomic E-state index is 0.618. The Morgan fingerprint density at radius 2 is 1.05 bits per heavy atom. The highest BCUT2D eigenvalue weighted by Gasteiger charge is 2.22. The second kappa shape index (κ2) is 12.6. The Labute approximate surface area is 316 Å². The van der Waals surface area contributed by atoms with E-state index in [1.54, 1.807) is 0 Å². The zero-order valence-electron chi connectivity index (χ0n) is 29.6. The van der Waals surface area contributed by atoms with Gasteiger partial charge in [0.1, 0.15) is 28.0 Å². The van der Waals surface area contributed by atoms with Gasteiger partial charge in [0.25, 0.3) is 0 Å². The molecule has 5 nitrogen and oxygen atoms in total. The Balaban J connectivity index is 1.05. The monoisotopic (exact) mass is 705 g/mol. The average molecular weight is 706 g/mol. The lowest BCUT2D eigenvalue weighted by atomic mass is 9.98. The average Bonchev–Trinajstić information content (AvgIpc) is 3.82. The van der Waals surface area contributed by atoms with E-state index in [0.717, 1.165) is 72.3 Å². The number of fused-ring (bicyclic) bond motifs is 7. The van der Waals surface area contributed by atoms with Gasteiger partial charge in [0, 0.05) is 50.4 Å². The molecule has 0 amide bonds. The fraction of sp³-hybridized carbons (Fsp3) is 0. The van der Waals surface area contributed by atoms with Crippen molar-refractivity contribution in [3.63, 3.8) is 0 Å². The third-order valence-electron chi connectivity index (χ3n) is 10.5. The van der Waals surface area contributed by atoms with E-state index < -0.39 is 0 Å². The van der Waals surface area contributed by atoms with Crippen LogP contribution in [0.15, 0.2) is 197 Å². The Morgan fingerprint density at radius 1 is 0.400 bits per heavy atom. The second-order valence-corrected chi connectivity index (χ2v) is 13.7. The van der Waals surface area contributed by atoms with E-state index in [1.165, 1.54) is 21.9 Å². The molecule has 0 saturated heterocycles. The predicted octanol–water partition coefficient (Wildman–Crippen LogP) is 13.9. The summed E-state index contributed by atoms with van der Waals surface area (Å²) in [6, 6.07) is 65.1. The molecule has 0 aliphatic carbocycles. The van der Waals surface area contributed by atoms with Crippen LogP contribution in [0.5, 0.6) is 0 Å². The lowest BCUT2D eigenvalue weighted by molar-refractivity contribution is 0.667. The minimum atomic E-state index is 0.618. The SMILES string of the molecule is c1ccc(-c2nc(-c3cccc4oc5cc(N(c6ccccc6)c6ccc(-c7cccc8ccccc78)cc6)ccc5c34)nc3c2oc2ccccc23)cc1. The van der Waals surface area contributed by atoms with Crippen molar-refractivity contribution in [2.24, 2.45) is 0 Å². The zero-order valence-corrected chi connectivity index (χ0v) is 29.6. The van der Waals surface area contributed by atoms with E-state index in [0.29, 0.717) is 11.4 Å². The Morgan fingerprint density at radius 3 is 1.91 bits per heavy atom. The number of aromatic nitrogens is 2. The van der Waals surface area contributed by atoms with E-state index in [9.17, 15) is 0 Å². The molecule has 0 aliphatic heterocycles. The molecular formula is C50H31N3O2. The number of furan rings is 2. The molecule has 0 saturated carbocycles. The number of nitrogens with zero attached hydrogens (tertiary/aromatic N) is 3. The van der Waals surface area contributed by atoms with E-state index in [1.807, 2.05) is 54.6 Å². The van der Waals surface area contributed by atoms with E-state index in [-0.39, 0.29) is 0 Å². The lowest BCUT2D eigenvalue weighted by Gasteiger charge is -2.25. The standard InChI is InChI=1S/C50H31N3O2/c1-3-14-34(15-4-1)47-49-48(41-20-9-10-23-43(41)55-49)52-50(51-47)42-22-12-24-44-46(42)40-30-29-37(31-45(40)54-44)53(35-17-5-2-6-18-35)36-27-25-33(26-28-36)39-21-11-16-32-13-7-8-19-38(32)39/h1-31H. The lowest BCUT2D eigenvalue weighted by Crippen LogP contribution is -2.09. The first-order valence-electron chi connectivity index (χ1n) is 18.4. The number of benzene rings is 8. The van der Waals surface area contributed by atoms with Crippen LogP contribution in [0.1, 0.15) is 0 Å². The molecule has 5 heteroatoms. The van der Waals surface area contributed by atoms with E-state index in [2.05, 4.69) is 138 Å². The van der Waals surface area contributed by atoms with Crippen LogP contribution in [-0.4, -0.2) is 9.97 Å². The van der Waals surface area contributed by atoms with Crippen molar-refractivity contribution in [3.05, 3.63) is 188 Å². The highest BCUT2D eigenvalue weighted by atomic mass is 16.3. The molecule has 0 spiro atoms. The van der Waals surface area contributed by atoms with Gasteiger partial charge in [-0.05, 0) is 76.5 Å². The fourth-order valence-electron chi connectivity index (χ4n) is 7.93. The molecule has 11 rings (SSSR count). The van der Waals surface area contributed by atoms with Gasteiger partial charge in [-0.3, -0.25) is 0 Å². The molecule has 3 heterocycles. The maximum absolute atomic E-state index is 6.65. The smallest absolute Gasteiger partial charge is 0.180 e. The molecule has 0 fully saturated rings. The van der Waals surface area contributed by atoms with Crippen molar-refractivity contribution in [2.75, 3.05) is 4.90 Å². The van der Waals surface area contributed by atoms with Crippen LogP contribution in [0, 0.1) is 0 Å². The van der Waals surface area contributed by atoms with Crippen LogP contribution in [-0.2, 0) is 0 Å². The van der Waals surface area contributed by atoms with Gasteiger partial charge in [0.2, 0.25) is 0 Å². The van der Waals surface area contributed by atoms with E-state index in [4.69, 9.17) is 18.8 Å². The first kappa shape index (κ1) is 31.1. The number of anilines is 3. The van der Waals surface area contributed by atoms with Crippen LogP contribution in [0.2, 0.25) is 0 Å². The Kier molecular flexibility index (Phi) is 7.10. The van der Waals surface area contributed by atoms with Crippen molar-refractivity contribution in [1.29, 1.82) is 0 Å². The first-order chi connectivity index (χ1) is 27.3. The molecule has 3 aromatic heterocycles. The largest absolute Gasteiger partial charge is 0.456 e. The molecule has 0 bridgehead atoms. The van der Waals surface area contributed by atoms with Gasteiger partial charge < -0.3 is 13.7 Å². The number of hydrogen-bond donors (Lipinski definition) is 0. The summed E-state index contributed by atoms with van der Waals surface area (Å²) in [5, 5.41) is 5.40. The summed E-state index contributed by atoms with van der Waals surface area (Å²) in [5.41, 5.74) is 11.9. The topological polar surface area (TPSA) is 55.3 Å². The molecule has 8 aromatic carbocycles. The molecule has 55 heavy (non-hydrogen) atoms. The molecule has 0 radical (unpaired) electrons. The van der Waals surface area contributed by atoms with Gasteiger partial charge >= 0.3 is 0 Å². The molecule has 258 valence electrons.